The van der Waals surface area contributed by atoms with Crippen LogP contribution in [0.1, 0.15) is 17.2 Å². The van der Waals surface area contributed by atoms with Gasteiger partial charge in [0.05, 0.1) is 20.3 Å². The monoisotopic (exact) mass is 353 g/mol. The minimum atomic E-state index is -0.375. The number of ether oxygens (including phenoxy) is 2. The molecule has 0 aliphatic carbocycles. The average molecular weight is 354 g/mol. The van der Waals surface area contributed by atoms with E-state index >= 15 is 0 Å². The van der Waals surface area contributed by atoms with Crippen molar-refractivity contribution in [2.24, 2.45) is 0 Å². The van der Waals surface area contributed by atoms with Crippen LogP contribution in [-0.2, 0) is 0 Å². The van der Waals surface area contributed by atoms with Gasteiger partial charge in [0.25, 0.3) is 0 Å². The molecule has 1 N–H and O–H groups in total. The molecular formula is C16H17BrFNO2. The molecular weight excluding hydrogens is 337 g/mol. The second kappa shape index (κ2) is 6.91. The van der Waals surface area contributed by atoms with E-state index in [0.29, 0.717) is 0 Å². The fourth-order valence-electron chi connectivity index (χ4n) is 2.23. The van der Waals surface area contributed by atoms with Gasteiger partial charge in [0.2, 0.25) is 0 Å². The van der Waals surface area contributed by atoms with Crippen LogP contribution in [0.4, 0.5) is 4.39 Å². The Morgan fingerprint density at radius 1 is 1.10 bits per heavy atom. The van der Waals surface area contributed by atoms with E-state index in [4.69, 9.17) is 9.47 Å². The molecule has 21 heavy (non-hydrogen) atoms. The summed E-state index contributed by atoms with van der Waals surface area (Å²) in [6.45, 7) is 0. The maximum absolute atomic E-state index is 13.9. The number of hydrogen-bond acceptors (Lipinski definition) is 3. The van der Waals surface area contributed by atoms with Crippen LogP contribution >= 0.6 is 15.9 Å². The Kier molecular flexibility index (Phi) is 5.20. The van der Waals surface area contributed by atoms with E-state index in [1.807, 2.05) is 31.3 Å². The second-order valence-corrected chi connectivity index (χ2v) is 5.36. The summed E-state index contributed by atoms with van der Waals surface area (Å²) in [4.78, 5) is 0. The van der Waals surface area contributed by atoms with Crippen LogP contribution in [0.5, 0.6) is 11.5 Å². The minimum Gasteiger partial charge on any atom is -0.497 e. The van der Waals surface area contributed by atoms with E-state index in [-0.39, 0.29) is 17.6 Å². The standard InChI is InChI=1S/C16H17BrFNO2/c1-19-16(10-4-7-15(21-3)14(18)8-10)12-6-5-11(20-2)9-13(12)17/h4-9,16,19H,1-3H3. The van der Waals surface area contributed by atoms with Crippen LogP contribution in [0.25, 0.3) is 0 Å². The Morgan fingerprint density at radius 3 is 2.38 bits per heavy atom. The van der Waals surface area contributed by atoms with Gasteiger partial charge < -0.3 is 14.8 Å². The largest absolute Gasteiger partial charge is 0.497 e. The molecule has 0 aliphatic rings. The number of methoxy groups -OCH3 is 2. The van der Waals surface area contributed by atoms with E-state index in [1.165, 1.54) is 13.2 Å². The molecule has 0 aromatic heterocycles. The highest BCUT2D eigenvalue weighted by atomic mass is 79.9. The van der Waals surface area contributed by atoms with Crippen molar-refractivity contribution < 1.29 is 13.9 Å². The predicted octanol–water partition coefficient (Wildman–Crippen LogP) is 3.91. The Bertz CT molecular complexity index is 634. The molecule has 0 saturated carbocycles. The molecule has 0 spiro atoms. The van der Waals surface area contributed by atoms with Gasteiger partial charge in [0, 0.05) is 4.47 Å². The SMILES string of the molecule is CNC(c1ccc(OC)c(F)c1)c1ccc(OC)cc1Br. The van der Waals surface area contributed by atoms with Crippen molar-refractivity contribution in [3.8, 4) is 11.5 Å². The Morgan fingerprint density at radius 2 is 1.86 bits per heavy atom. The molecule has 0 saturated heterocycles. The zero-order valence-electron chi connectivity index (χ0n) is 12.1. The summed E-state index contributed by atoms with van der Waals surface area (Å²) in [5, 5.41) is 3.20. The molecule has 3 nitrogen and oxygen atoms in total. The normalized spacial score (nSPS) is 12.0. The zero-order chi connectivity index (χ0) is 15.4. The fourth-order valence-corrected chi connectivity index (χ4v) is 2.82. The summed E-state index contributed by atoms with van der Waals surface area (Å²) in [6, 6.07) is 10.5. The molecule has 2 aromatic rings. The number of hydrogen-bond donors (Lipinski definition) is 1. The average Bonchev–Trinajstić information content (AvgIpc) is 2.49. The molecule has 1 unspecified atom stereocenters. The molecule has 1 atom stereocenters. The lowest BCUT2D eigenvalue weighted by Crippen LogP contribution is -2.18. The summed E-state index contributed by atoms with van der Waals surface area (Å²) in [6.07, 6.45) is 0. The van der Waals surface area contributed by atoms with Crippen molar-refractivity contribution in [1.82, 2.24) is 5.32 Å². The number of halogens is 2. The highest BCUT2D eigenvalue weighted by Gasteiger charge is 2.17. The van der Waals surface area contributed by atoms with Crippen molar-refractivity contribution in [3.63, 3.8) is 0 Å². The lowest BCUT2D eigenvalue weighted by atomic mass is 9.98. The van der Waals surface area contributed by atoms with Crippen LogP contribution in [0.15, 0.2) is 40.9 Å². The summed E-state index contributed by atoms with van der Waals surface area (Å²) in [5.41, 5.74) is 1.82. The number of rotatable bonds is 5. The van der Waals surface area contributed by atoms with E-state index < -0.39 is 0 Å². The van der Waals surface area contributed by atoms with Crippen LogP contribution in [-0.4, -0.2) is 21.3 Å². The molecule has 2 rings (SSSR count). The second-order valence-electron chi connectivity index (χ2n) is 4.50. The minimum absolute atomic E-state index is 0.134. The van der Waals surface area contributed by atoms with Crippen molar-refractivity contribution in [1.29, 1.82) is 0 Å². The van der Waals surface area contributed by atoms with Gasteiger partial charge in [-0.05, 0) is 42.4 Å². The Balaban J connectivity index is 2.42. The Labute approximate surface area is 132 Å². The first-order valence-corrected chi connectivity index (χ1v) is 7.24. The van der Waals surface area contributed by atoms with E-state index in [9.17, 15) is 4.39 Å². The van der Waals surface area contributed by atoms with Gasteiger partial charge in [0.1, 0.15) is 5.75 Å². The van der Waals surface area contributed by atoms with E-state index in [2.05, 4.69) is 21.2 Å². The van der Waals surface area contributed by atoms with Crippen LogP contribution in [0, 0.1) is 5.82 Å². The van der Waals surface area contributed by atoms with Crippen LogP contribution in [0.2, 0.25) is 0 Å². The molecule has 0 heterocycles. The maximum atomic E-state index is 13.9. The number of nitrogens with one attached hydrogen (secondary N) is 1. The van der Waals surface area contributed by atoms with Crippen molar-refractivity contribution in [3.05, 3.63) is 57.8 Å². The molecule has 5 heteroatoms. The molecule has 0 aliphatic heterocycles. The van der Waals surface area contributed by atoms with Gasteiger partial charge in [-0.25, -0.2) is 4.39 Å². The van der Waals surface area contributed by atoms with Gasteiger partial charge in [-0.15, -0.1) is 0 Å². The highest BCUT2D eigenvalue weighted by Crippen LogP contribution is 2.32. The van der Waals surface area contributed by atoms with Crippen molar-refractivity contribution >= 4 is 15.9 Å². The quantitative estimate of drug-likeness (QED) is 0.883. The molecule has 112 valence electrons. The summed E-state index contributed by atoms with van der Waals surface area (Å²) in [5.74, 6) is 0.628. The van der Waals surface area contributed by atoms with Crippen molar-refractivity contribution in [2.75, 3.05) is 21.3 Å². The van der Waals surface area contributed by atoms with E-state index in [1.54, 1.807) is 13.2 Å². The van der Waals surface area contributed by atoms with Crippen LogP contribution in [0.3, 0.4) is 0 Å². The van der Waals surface area contributed by atoms with Gasteiger partial charge in [-0.3, -0.25) is 0 Å². The summed E-state index contributed by atoms with van der Waals surface area (Å²) < 4.78 is 24.9. The number of benzene rings is 2. The van der Waals surface area contributed by atoms with Gasteiger partial charge in [-0.2, -0.15) is 0 Å². The zero-order valence-corrected chi connectivity index (χ0v) is 13.7. The highest BCUT2D eigenvalue weighted by molar-refractivity contribution is 9.10. The van der Waals surface area contributed by atoms with Gasteiger partial charge in [0.15, 0.2) is 11.6 Å². The fraction of sp³-hybridized carbons (Fsp3) is 0.250. The molecule has 0 bridgehead atoms. The third-order valence-corrected chi connectivity index (χ3v) is 4.00. The summed E-state index contributed by atoms with van der Waals surface area (Å²) >= 11 is 3.53. The Hall–Kier alpha value is -1.59. The molecule has 0 radical (unpaired) electrons. The van der Waals surface area contributed by atoms with Crippen molar-refractivity contribution in [2.45, 2.75) is 6.04 Å². The maximum Gasteiger partial charge on any atom is 0.165 e. The van der Waals surface area contributed by atoms with Gasteiger partial charge >= 0.3 is 0 Å². The first-order valence-electron chi connectivity index (χ1n) is 6.44. The third kappa shape index (κ3) is 3.36. The smallest absolute Gasteiger partial charge is 0.165 e. The lowest BCUT2D eigenvalue weighted by Gasteiger charge is -2.20. The predicted molar refractivity (Wildman–Crippen MR) is 84.5 cm³/mol. The van der Waals surface area contributed by atoms with E-state index in [0.717, 1.165) is 21.3 Å². The van der Waals surface area contributed by atoms with Crippen LogP contribution < -0.4 is 14.8 Å². The first kappa shape index (κ1) is 15.8. The van der Waals surface area contributed by atoms with Gasteiger partial charge in [-0.1, -0.05) is 28.1 Å². The molecule has 0 amide bonds. The molecule has 0 fully saturated rings. The third-order valence-electron chi connectivity index (χ3n) is 3.32. The topological polar surface area (TPSA) is 30.5 Å². The summed E-state index contributed by atoms with van der Waals surface area (Å²) in [7, 11) is 4.91. The molecule has 2 aromatic carbocycles. The lowest BCUT2D eigenvalue weighted by molar-refractivity contribution is 0.386. The first-order chi connectivity index (χ1) is 10.1.